The van der Waals surface area contributed by atoms with Crippen LogP contribution in [0.2, 0.25) is 0 Å². The SMILES string of the molecule is C=CCOc1ccc(C[NH+](C)CN2C(=O)NC3(CCC(C)CC3)C2=O)cc1. The molecule has 1 unspecified atom stereocenters. The predicted molar refractivity (Wildman–Crippen MR) is 103 cm³/mol. The molecule has 1 heterocycles. The molecular weight excluding hydrogens is 342 g/mol. The van der Waals surface area contributed by atoms with E-state index in [1.807, 2.05) is 31.3 Å². The molecule has 27 heavy (non-hydrogen) atoms. The van der Waals surface area contributed by atoms with Gasteiger partial charge < -0.3 is 15.0 Å². The number of quaternary nitrogens is 1. The second kappa shape index (κ2) is 8.13. The Morgan fingerprint density at radius 2 is 1.96 bits per heavy atom. The van der Waals surface area contributed by atoms with Crippen LogP contribution in [-0.4, -0.2) is 42.7 Å². The number of urea groups is 1. The van der Waals surface area contributed by atoms with E-state index < -0.39 is 5.54 Å². The first-order chi connectivity index (χ1) is 12.9. The number of amides is 3. The molecule has 0 radical (unpaired) electrons. The third-order valence-electron chi connectivity index (χ3n) is 5.60. The van der Waals surface area contributed by atoms with E-state index in [1.54, 1.807) is 6.08 Å². The molecule has 2 fully saturated rings. The van der Waals surface area contributed by atoms with Crippen LogP contribution >= 0.6 is 0 Å². The van der Waals surface area contributed by atoms with Crippen molar-refractivity contribution in [2.75, 3.05) is 20.3 Å². The molecule has 1 spiro atoms. The predicted octanol–water partition coefficient (Wildman–Crippen LogP) is 1.72. The highest BCUT2D eigenvalue weighted by molar-refractivity contribution is 6.06. The van der Waals surface area contributed by atoms with Crippen LogP contribution < -0.4 is 15.0 Å². The molecular formula is C21H30N3O3+. The van der Waals surface area contributed by atoms with Crippen molar-refractivity contribution >= 4 is 11.9 Å². The number of nitrogens with zero attached hydrogens (tertiary/aromatic N) is 1. The number of carbonyl (C=O) groups excluding carboxylic acids is 2. The van der Waals surface area contributed by atoms with E-state index in [0.29, 0.717) is 19.2 Å². The Balaban J connectivity index is 1.57. The van der Waals surface area contributed by atoms with Gasteiger partial charge in [-0.3, -0.25) is 4.79 Å². The van der Waals surface area contributed by atoms with Gasteiger partial charge >= 0.3 is 6.03 Å². The summed E-state index contributed by atoms with van der Waals surface area (Å²) in [5.41, 5.74) is 0.472. The van der Waals surface area contributed by atoms with E-state index in [0.717, 1.165) is 48.4 Å². The monoisotopic (exact) mass is 372 g/mol. The van der Waals surface area contributed by atoms with E-state index in [9.17, 15) is 9.59 Å². The standard InChI is InChI=1S/C21H29N3O3/c1-4-13-27-18-7-5-17(6-8-18)14-23(3)15-24-19(25)21(22-20(24)26)11-9-16(2)10-12-21/h4-8,16H,1,9-15H2,2-3H3,(H,22,26)/p+1. The molecule has 1 aromatic rings. The lowest BCUT2D eigenvalue weighted by atomic mass is 9.77. The van der Waals surface area contributed by atoms with Crippen molar-refractivity contribution in [2.24, 2.45) is 5.92 Å². The average Bonchev–Trinajstić information content (AvgIpc) is 2.88. The lowest BCUT2D eigenvalue weighted by molar-refractivity contribution is -0.901. The Bertz CT molecular complexity index is 693. The van der Waals surface area contributed by atoms with Crippen molar-refractivity contribution in [3.63, 3.8) is 0 Å². The van der Waals surface area contributed by atoms with Gasteiger partial charge in [0.1, 0.15) is 24.4 Å². The van der Waals surface area contributed by atoms with Gasteiger partial charge in [0, 0.05) is 5.56 Å². The zero-order valence-electron chi connectivity index (χ0n) is 16.3. The third-order valence-corrected chi connectivity index (χ3v) is 5.60. The lowest BCUT2D eigenvalue weighted by Gasteiger charge is -2.33. The van der Waals surface area contributed by atoms with Gasteiger partial charge in [0.15, 0.2) is 6.67 Å². The fourth-order valence-corrected chi connectivity index (χ4v) is 3.95. The number of carbonyl (C=O) groups is 2. The van der Waals surface area contributed by atoms with Crippen LogP contribution in [0, 0.1) is 5.92 Å². The van der Waals surface area contributed by atoms with Crippen molar-refractivity contribution < 1.29 is 19.2 Å². The molecule has 146 valence electrons. The maximum atomic E-state index is 12.9. The van der Waals surface area contributed by atoms with E-state index in [2.05, 4.69) is 18.8 Å². The van der Waals surface area contributed by atoms with Crippen LogP contribution in [0.25, 0.3) is 0 Å². The summed E-state index contributed by atoms with van der Waals surface area (Å²) >= 11 is 0. The molecule has 1 aliphatic heterocycles. The van der Waals surface area contributed by atoms with Gasteiger partial charge in [-0.2, -0.15) is 0 Å². The Morgan fingerprint density at radius 1 is 1.30 bits per heavy atom. The molecule has 1 aliphatic carbocycles. The van der Waals surface area contributed by atoms with Gasteiger partial charge in [0.25, 0.3) is 5.91 Å². The van der Waals surface area contributed by atoms with Crippen molar-refractivity contribution in [1.82, 2.24) is 10.2 Å². The molecule has 1 saturated carbocycles. The van der Waals surface area contributed by atoms with E-state index in [4.69, 9.17) is 4.74 Å². The van der Waals surface area contributed by atoms with Crippen molar-refractivity contribution in [3.8, 4) is 5.75 Å². The minimum Gasteiger partial charge on any atom is -0.490 e. The molecule has 6 heteroatoms. The molecule has 3 amide bonds. The summed E-state index contributed by atoms with van der Waals surface area (Å²) in [6.45, 7) is 7.42. The van der Waals surface area contributed by atoms with Gasteiger partial charge in [0.2, 0.25) is 0 Å². The number of nitrogens with one attached hydrogen (secondary N) is 2. The Kier molecular flexibility index (Phi) is 5.85. The third kappa shape index (κ3) is 4.33. The number of benzene rings is 1. The first kappa shape index (κ1) is 19.4. The van der Waals surface area contributed by atoms with Gasteiger partial charge in [0.05, 0.1) is 7.05 Å². The van der Waals surface area contributed by atoms with E-state index in [1.165, 1.54) is 4.90 Å². The fraction of sp³-hybridized carbons (Fsp3) is 0.524. The molecule has 2 aliphatic rings. The van der Waals surface area contributed by atoms with Crippen LogP contribution in [0.5, 0.6) is 5.75 Å². The minimum atomic E-state index is -0.659. The van der Waals surface area contributed by atoms with Crippen LogP contribution in [0.3, 0.4) is 0 Å². The Labute approximate surface area is 161 Å². The second-order valence-corrected chi connectivity index (χ2v) is 7.96. The summed E-state index contributed by atoms with van der Waals surface area (Å²) < 4.78 is 5.49. The minimum absolute atomic E-state index is 0.0491. The normalized spacial score (nSPS) is 26.1. The quantitative estimate of drug-likeness (QED) is 0.566. The summed E-state index contributed by atoms with van der Waals surface area (Å²) in [5.74, 6) is 1.38. The summed E-state index contributed by atoms with van der Waals surface area (Å²) in [5, 5.41) is 2.99. The zero-order chi connectivity index (χ0) is 19.4. The highest BCUT2D eigenvalue weighted by atomic mass is 16.5. The smallest absolute Gasteiger partial charge is 0.329 e. The second-order valence-electron chi connectivity index (χ2n) is 7.96. The summed E-state index contributed by atoms with van der Waals surface area (Å²) in [6.07, 6.45) is 5.19. The Morgan fingerprint density at radius 3 is 2.59 bits per heavy atom. The van der Waals surface area contributed by atoms with Crippen LogP contribution in [-0.2, 0) is 11.3 Å². The average molecular weight is 372 g/mol. The molecule has 6 nitrogen and oxygen atoms in total. The molecule has 2 N–H and O–H groups in total. The molecule has 1 atom stereocenters. The molecule has 1 aromatic carbocycles. The van der Waals surface area contributed by atoms with Crippen LogP contribution in [0.15, 0.2) is 36.9 Å². The zero-order valence-corrected chi connectivity index (χ0v) is 16.3. The number of rotatable bonds is 7. The number of ether oxygens (including phenoxy) is 1. The number of hydrogen-bond acceptors (Lipinski definition) is 3. The van der Waals surface area contributed by atoms with Gasteiger partial charge in [-0.15, -0.1) is 0 Å². The largest absolute Gasteiger partial charge is 0.490 e. The number of imide groups is 1. The van der Waals surface area contributed by atoms with Gasteiger partial charge in [-0.1, -0.05) is 19.6 Å². The summed E-state index contributed by atoms with van der Waals surface area (Å²) in [6, 6.07) is 7.63. The van der Waals surface area contributed by atoms with Crippen LogP contribution in [0.1, 0.15) is 38.2 Å². The van der Waals surface area contributed by atoms with Crippen molar-refractivity contribution in [1.29, 1.82) is 0 Å². The first-order valence-corrected chi connectivity index (χ1v) is 9.71. The van der Waals surface area contributed by atoms with E-state index in [-0.39, 0.29) is 11.9 Å². The maximum Gasteiger partial charge on any atom is 0.329 e. The highest BCUT2D eigenvalue weighted by Gasteiger charge is 2.52. The topological polar surface area (TPSA) is 63.1 Å². The molecule has 0 aromatic heterocycles. The van der Waals surface area contributed by atoms with Gasteiger partial charge in [-0.05, 0) is 55.9 Å². The lowest BCUT2D eigenvalue weighted by Crippen LogP contribution is -3.09. The summed E-state index contributed by atoms with van der Waals surface area (Å²) in [4.78, 5) is 27.8. The van der Waals surface area contributed by atoms with E-state index >= 15 is 0 Å². The molecule has 1 saturated heterocycles. The molecule has 3 rings (SSSR count). The van der Waals surface area contributed by atoms with Crippen molar-refractivity contribution in [3.05, 3.63) is 42.5 Å². The van der Waals surface area contributed by atoms with Crippen LogP contribution in [0.4, 0.5) is 4.79 Å². The number of hydrogen-bond donors (Lipinski definition) is 2. The highest BCUT2D eigenvalue weighted by Crippen LogP contribution is 2.35. The van der Waals surface area contributed by atoms with Gasteiger partial charge in [-0.25, -0.2) is 9.69 Å². The summed E-state index contributed by atoms with van der Waals surface area (Å²) in [7, 11) is 2.00. The Hall–Kier alpha value is -2.34. The fourth-order valence-electron chi connectivity index (χ4n) is 3.95. The first-order valence-electron chi connectivity index (χ1n) is 9.71. The van der Waals surface area contributed by atoms with Crippen molar-refractivity contribution in [2.45, 2.75) is 44.7 Å². The molecule has 0 bridgehead atoms. The maximum absolute atomic E-state index is 12.9.